The Kier molecular flexibility index (Phi) is 3.46. The van der Waals surface area contributed by atoms with Crippen molar-refractivity contribution in [2.24, 2.45) is 0 Å². The Hall–Kier alpha value is -1.79. The molecule has 0 spiro atoms. The molecule has 0 fully saturated rings. The molecule has 6 nitrogen and oxygen atoms in total. The monoisotopic (exact) mass is 235 g/mol. The van der Waals surface area contributed by atoms with Crippen molar-refractivity contribution in [3.63, 3.8) is 0 Å². The molecule has 0 radical (unpaired) electrons. The first-order valence-electron chi connectivity index (χ1n) is 5.34. The lowest BCUT2D eigenvalue weighted by Crippen LogP contribution is -2.27. The third kappa shape index (κ3) is 2.48. The second-order valence-electron chi connectivity index (χ2n) is 3.76. The SMILES string of the molecule is O=c1c2ccccc2nnn1CCC(O)CO. The molecule has 2 rings (SSSR count). The lowest BCUT2D eigenvalue weighted by Gasteiger charge is -2.07. The first-order chi connectivity index (χ1) is 8.22. The van der Waals surface area contributed by atoms with Crippen molar-refractivity contribution in [1.29, 1.82) is 0 Å². The molecule has 6 heteroatoms. The Balaban J connectivity index is 2.30. The highest BCUT2D eigenvalue weighted by Crippen LogP contribution is 2.03. The number of aromatic nitrogens is 3. The van der Waals surface area contributed by atoms with Crippen LogP contribution in [0.5, 0.6) is 0 Å². The third-order valence-electron chi connectivity index (χ3n) is 2.51. The van der Waals surface area contributed by atoms with Gasteiger partial charge in [0.15, 0.2) is 0 Å². The summed E-state index contributed by atoms with van der Waals surface area (Å²) in [4.78, 5) is 11.9. The molecule has 0 amide bonds. The lowest BCUT2D eigenvalue weighted by atomic mass is 10.2. The van der Waals surface area contributed by atoms with E-state index in [-0.39, 0.29) is 25.1 Å². The topological polar surface area (TPSA) is 88.2 Å². The van der Waals surface area contributed by atoms with Crippen LogP contribution in [-0.4, -0.2) is 37.9 Å². The molecule has 1 heterocycles. The van der Waals surface area contributed by atoms with Gasteiger partial charge in [0.1, 0.15) is 5.52 Å². The molecule has 0 aliphatic carbocycles. The van der Waals surface area contributed by atoms with Gasteiger partial charge in [0.2, 0.25) is 0 Å². The fourth-order valence-corrected chi connectivity index (χ4v) is 1.53. The molecule has 17 heavy (non-hydrogen) atoms. The van der Waals surface area contributed by atoms with Gasteiger partial charge in [-0.15, -0.1) is 5.10 Å². The molecule has 1 aromatic heterocycles. The van der Waals surface area contributed by atoms with E-state index in [1.54, 1.807) is 24.3 Å². The Labute approximate surface area is 97.1 Å². The van der Waals surface area contributed by atoms with Crippen LogP contribution in [0.1, 0.15) is 6.42 Å². The zero-order valence-corrected chi connectivity index (χ0v) is 9.15. The van der Waals surface area contributed by atoms with Crippen LogP contribution in [0.4, 0.5) is 0 Å². The van der Waals surface area contributed by atoms with Crippen LogP contribution in [0, 0.1) is 0 Å². The minimum atomic E-state index is -0.838. The molecule has 2 aromatic rings. The number of hydrogen-bond donors (Lipinski definition) is 2. The summed E-state index contributed by atoms with van der Waals surface area (Å²) in [6, 6.07) is 6.95. The first-order valence-corrected chi connectivity index (χ1v) is 5.34. The number of nitrogens with zero attached hydrogens (tertiary/aromatic N) is 3. The molecule has 0 aliphatic heterocycles. The number of aliphatic hydroxyl groups is 2. The molecule has 1 atom stereocenters. The normalized spacial score (nSPS) is 12.8. The van der Waals surface area contributed by atoms with Crippen molar-refractivity contribution >= 4 is 10.9 Å². The molecule has 0 saturated carbocycles. The molecule has 90 valence electrons. The smallest absolute Gasteiger partial charge is 0.277 e. The number of benzene rings is 1. The summed E-state index contributed by atoms with van der Waals surface area (Å²) in [6.07, 6.45) is -0.571. The van der Waals surface area contributed by atoms with Crippen LogP contribution < -0.4 is 5.56 Å². The van der Waals surface area contributed by atoms with Crippen LogP contribution >= 0.6 is 0 Å². The Morgan fingerprint density at radius 3 is 2.88 bits per heavy atom. The summed E-state index contributed by atoms with van der Waals surface area (Å²) >= 11 is 0. The lowest BCUT2D eigenvalue weighted by molar-refractivity contribution is 0.0832. The van der Waals surface area contributed by atoms with E-state index in [4.69, 9.17) is 5.11 Å². The first kappa shape index (κ1) is 11.7. The summed E-state index contributed by atoms with van der Waals surface area (Å²) in [7, 11) is 0. The van der Waals surface area contributed by atoms with Gasteiger partial charge in [-0.3, -0.25) is 4.79 Å². The van der Waals surface area contributed by atoms with E-state index in [1.165, 1.54) is 4.68 Å². The second-order valence-corrected chi connectivity index (χ2v) is 3.76. The maximum atomic E-state index is 11.9. The van der Waals surface area contributed by atoms with Crippen molar-refractivity contribution in [2.75, 3.05) is 6.61 Å². The maximum absolute atomic E-state index is 11.9. The van der Waals surface area contributed by atoms with Crippen molar-refractivity contribution in [1.82, 2.24) is 15.0 Å². The largest absolute Gasteiger partial charge is 0.394 e. The third-order valence-corrected chi connectivity index (χ3v) is 2.51. The zero-order valence-electron chi connectivity index (χ0n) is 9.15. The predicted octanol–water partition coefficient (Wildman–Crippen LogP) is -0.465. The highest BCUT2D eigenvalue weighted by atomic mass is 16.3. The Morgan fingerprint density at radius 2 is 2.12 bits per heavy atom. The highest BCUT2D eigenvalue weighted by molar-refractivity contribution is 5.76. The number of fused-ring (bicyclic) bond motifs is 1. The van der Waals surface area contributed by atoms with Gasteiger partial charge in [-0.1, -0.05) is 17.3 Å². The molecule has 1 unspecified atom stereocenters. The van der Waals surface area contributed by atoms with Crippen LogP contribution in [-0.2, 0) is 6.54 Å². The molecule has 0 saturated heterocycles. The van der Waals surface area contributed by atoms with E-state index in [1.807, 2.05) is 0 Å². The number of aryl methyl sites for hydroxylation is 1. The van der Waals surface area contributed by atoms with Crippen LogP contribution in [0.25, 0.3) is 10.9 Å². The predicted molar refractivity (Wildman–Crippen MR) is 61.5 cm³/mol. The summed E-state index contributed by atoms with van der Waals surface area (Å²) < 4.78 is 1.20. The molecule has 1 aromatic carbocycles. The zero-order chi connectivity index (χ0) is 12.3. The quantitative estimate of drug-likeness (QED) is 0.748. The fourth-order valence-electron chi connectivity index (χ4n) is 1.53. The summed E-state index contributed by atoms with van der Waals surface area (Å²) in [5.74, 6) is 0. The van der Waals surface area contributed by atoms with Crippen molar-refractivity contribution in [3.8, 4) is 0 Å². The number of rotatable bonds is 4. The van der Waals surface area contributed by atoms with Gasteiger partial charge in [0.25, 0.3) is 5.56 Å². The standard InChI is InChI=1S/C11H13N3O3/c15-7-8(16)5-6-14-11(17)9-3-1-2-4-10(9)12-13-14/h1-4,8,15-16H,5-7H2. The highest BCUT2D eigenvalue weighted by Gasteiger charge is 2.07. The molecule has 0 bridgehead atoms. The van der Waals surface area contributed by atoms with E-state index in [9.17, 15) is 9.90 Å². The minimum absolute atomic E-state index is 0.235. The average molecular weight is 235 g/mol. The van der Waals surface area contributed by atoms with Crippen molar-refractivity contribution < 1.29 is 10.2 Å². The van der Waals surface area contributed by atoms with Gasteiger partial charge in [0, 0.05) is 6.54 Å². The van der Waals surface area contributed by atoms with Gasteiger partial charge >= 0.3 is 0 Å². The van der Waals surface area contributed by atoms with E-state index in [2.05, 4.69) is 10.3 Å². The van der Waals surface area contributed by atoms with E-state index >= 15 is 0 Å². The van der Waals surface area contributed by atoms with Gasteiger partial charge in [0.05, 0.1) is 18.1 Å². The van der Waals surface area contributed by atoms with Crippen LogP contribution in [0.15, 0.2) is 29.1 Å². The molecule has 0 aliphatic rings. The Bertz CT molecular complexity index is 567. The second kappa shape index (κ2) is 5.03. The number of aliphatic hydroxyl groups excluding tert-OH is 2. The van der Waals surface area contributed by atoms with E-state index in [0.717, 1.165) is 0 Å². The fraction of sp³-hybridized carbons (Fsp3) is 0.364. The van der Waals surface area contributed by atoms with Gasteiger partial charge in [-0.05, 0) is 18.6 Å². The van der Waals surface area contributed by atoms with E-state index in [0.29, 0.717) is 10.9 Å². The molecule has 2 N–H and O–H groups in total. The minimum Gasteiger partial charge on any atom is -0.394 e. The molecular weight excluding hydrogens is 222 g/mol. The summed E-state index contributed by atoms with van der Waals surface area (Å²) in [5, 5.41) is 26.1. The Morgan fingerprint density at radius 1 is 1.35 bits per heavy atom. The van der Waals surface area contributed by atoms with Crippen molar-refractivity contribution in [3.05, 3.63) is 34.6 Å². The van der Waals surface area contributed by atoms with Crippen molar-refractivity contribution in [2.45, 2.75) is 19.1 Å². The van der Waals surface area contributed by atoms with Gasteiger partial charge < -0.3 is 10.2 Å². The van der Waals surface area contributed by atoms with Gasteiger partial charge in [-0.25, -0.2) is 4.68 Å². The van der Waals surface area contributed by atoms with Gasteiger partial charge in [-0.2, -0.15) is 0 Å². The van der Waals surface area contributed by atoms with Crippen LogP contribution in [0.3, 0.4) is 0 Å². The summed E-state index contributed by atoms with van der Waals surface area (Å²) in [5.41, 5.74) is 0.317. The van der Waals surface area contributed by atoms with Crippen LogP contribution in [0.2, 0.25) is 0 Å². The maximum Gasteiger partial charge on any atom is 0.277 e. The average Bonchev–Trinajstić information content (AvgIpc) is 2.38. The molecular formula is C11H13N3O3. The number of hydrogen-bond acceptors (Lipinski definition) is 5. The van der Waals surface area contributed by atoms with E-state index < -0.39 is 6.10 Å². The summed E-state index contributed by atoms with van der Waals surface area (Å²) in [6.45, 7) is -0.0891.